The van der Waals surface area contributed by atoms with E-state index in [2.05, 4.69) is 10.3 Å². The molecule has 0 saturated carbocycles. The second-order valence-corrected chi connectivity index (χ2v) is 9.72. The highest BCUT2D eigenvalue weighted by Crippen LogP contribution is 2.42. The number of anilines is 1. The summed E-state index contributed by atoms with van der Waals surface area (Å²) < 4.78 is 11.5. The third-order valence-electron chi connectivity index (χ3n) is 5.87. The molecule has 2 aromatic carbocycles. The van der Waals surface area contributed by atoms with Gasteiger partial charge in [-0.3, -0.25) is 9.78 Å². The summed E-state index contributed by atoms with van der Waals surface area (Å²) in [5.41, 5.74) is 4.43. The Bertz CT molecular complexity index is 1460. The first-order valence-corrected chi connectivity index (χ1v) is 12.8. The summed E-state index contributed by atoms with van der Waals surface area (Å²) >= 11 is 7.24. The summed E-state index contributed by atoms with van der Waals surface area (Å²) in [5.74, 6) is 2.14. The summed E-state index contributed by atoms with van der Waals surface area (Å²) in [6.07, 6.45) is 2.11. The van der Waals surface area contributed by atoms with Crippen LogP contribution in [-0.2, 0) is 17.8 Å². The van der Waals surface area contributed by atoms with Crippen molar-refractivity contribution < 1.29 is 19.4 Å². The number of benzene rings is 2. The molecule has 2 N–H and O–H groups in total. The molecule has 0 radical (unpaired) electrons. The summed E-state index contributed by atoms with van der Waals surface area (Å²) in [5, 5.41) is 14.0. The maximum Gasteiger partial charge on any atom is 0.234 e. The average molecular weight is 535 g/mol. The fourth-order valence-electron chi connectivity index (χ4n) is 3.95. The van der Waals surface area contributed by atoms with Crippen molar-refractivity contribution in [3.8, 4) is 28.8 Å². The van der Waals surface area contributed by atoms with Crippen LogP contribution < -0.4 is 14.8 Å². The Morgan fingerprint density at radius 2 is 1.89 bits per heavy atom. The highest BCUT2D eigenvalue weighted by molar-refractivity contribution is 8.00. The van der Waals surface area contributed by atoms with Crippen LogP contribution in [0.2, 0.25) is 5.02 Å². The zero-order chi connectivity index (χ0) is 25.9. The fourth-order valence-corrected chi connectivity index (χ4v) is 4.90. The number of methoxy groups -OCH3 is 1. The normalized spacial score (nSPS) is 11.8. The van der Waals surface area contributed by atoms with E-state index in [-0.39, 0.29) is 18.3 Å². The van der Waals surface area contributed by atoms with E-state index in [9.17, 15) is 9.90 Å². The number of rotatable bonds is 7. The molecular formula is C27H23ClN4O4S. The first-order chi connectivity index (χ1) is 17.9. The second-order valence-electron chi connectivity index (χ2n) is 8.32. The standard InChI is InChI=1S/C27H23ClN4O4S/c1-15-24-21(17(13-33)12-29-15)11-22-26(36-24)31-25(16-3-9-20(35-2)10-4-16)32-27(22)37-14-23(34)30-19-7-5-18(28)6-8-19/h3-10,12,33H,11,13-14H2,1-2H3,(H,30,34). The number of hydrogen-bond acceptors (Lipinski definition) is 8. The van der Waals surface area contributed by atoms with Crippen LogP contribution in [0.4, 0.5) is 5.69 Å². The van der Waals surface area contributed by atoms with Crippen LogP contribution in [0.25, 0.3) is 11.4 Å². The van der Waals surface area contributed by atoms with Gasteiger partial charge in [0.05, 0.1) is 30.7 Å². The first kappa shape index (κ1) is 25.0. The molecule has 0 bridgehead atoms. The largest absolute Gasteiger partial charge is 0.497 e. The average Bonchev–Trinajstić information content (AvgIpc) is 2.92. The lowest BCUT2D eigenvalue weighted by molar-refractivity contribution is -0.113. The Morgan fingerprint density at radius 1 is 1.14 bits per heavy atom. The molecule has 0 spiro atoms. The fraction of sp³-hybridized carbons (Fsp3) is 0.185. The van der Waals surface area contributed by atoms with E-state index in [1.54, 1.807) is 37.6 Å². The number of hydrogen-bond donors (Lipinski definition) is 2. The number of carbonyl (C=O) groups is 1. The van der Waals surface area contributed by atoms with Crippen LogP contribution >= 0.6 is 23.4 Å². The molecule has 5 rings (SSSR count). The second kappa shape index (κ2) is 10.8. The van der Waals surface area contributed by atoms with Gasteiger partial charge in [0.25, 0.3) is 0 Å². The van der Waals surface area contributed by atoms with E-state index in [1.807, 2.05) is 31.2 Å². The van der Waals surface area contributed by atoms with Gasteiger partial charge in [-0.15, -0.1) is 0 Å². The summed E-state index contributed by atoms with van der Waals surface area (Å²) in [6.45, 7) is 1.69. The van der Waals surface area contributed by atoms with Crippen LogP contribution in [0.5, 0.6) is 17.4 Å². The molecule has 0 aliphatic carbocycles. The smallest absolute Gasteiger partial charge is 0.234 e. The summed E-state index contributed by atoms with van der Waals surface area (Å²) in [6, 6.07) is 14.3. The monoisotopic (exact) mass is 534 g/mol. The van der Waals surface area contributed by atoms with E-state index >= 15 is 0 Å². The number of nitrogens with one attached hydrogen (secondary N) is 1. The lowest BCUT2D eigenvalue weighted by Crippen LogP contribution is -2.16. The van der Waals surface area contributed by atoms with Crippen molar-refractivity contribution in [1.29, 1.82) is 0 Å². The Kier molecular flexibility index (Phi) is 7.27. The number of amides is 1. The van der Waals surface area contributed by atoms with Gasteiger partial charge in [-0.2, -0.15) is 4.98 Å². The number of ether oxygens (including phenoxy) is 2. The van der Waals surface area contributed by atoms with Gasteiger partial charge < -0.3 is 19.9 Å². The Balaban J connectivity index is 1.48. The summed E-state index contributed by atoms with van der Waals surface area (Å²) in [4.78, 5) is 26.6. The zero-order valence-corrected chi connectivity index (χ0v) is 21.7. The Labute approximate surface area is 223 Å². The lowest BCUT2D eigenvalue weighted by atomic mass is 9.99. The van der Waals surface area contributed by atoms with E-state index in [4.69, 9.17) is 31.0 Å². The topological polar surface area (TPSA) is 106 Å². The van der Waals surface area contributed by atoms with Gasteiger partial charge in [0.2, 0.25) is 11.8 Å². The minimum atomic E-state index is -0.182. The van der Waals surface area contributed by atoms with Crippen molar-refractivity contribution in [2.75, 3.05) is 18.2 Å². The van der Waals surface area contributed by atoms with Gasteiger partial charge in [0, 0.05) is 40.0 Å². The van der Waals surface area contributed by atoms with E-state index in [0.29, 0.717) is 50.9 Å². The van der Waals surface area contributed by atoms with Gasteiger partial charge in [-0.1, -0.05) is 23.4 Å². The molecule has 3 heterocycles. The molecule has 0 unspecified atom stereocenters. The number of pyridine rings is 1. The minimum Gasteiger partial charge on any atom is -0.497 e. The molecule has 2 aromatic heterocycles. The van der Waals surface area contributed by atoms with Crippen molar-refractivity contribution in [3.63, 3.8) is 0 Å². The van der Waals surface area contributed by atoms with Crippen molar-refractivity contribution in [3.05, 3.63) is 82.1 Å². The van der Waals surface area contributed by atoms with Crippen LogP contribution in [0.1, 0.15) is 22.4 Å². The molecule has 1 aliphatic heterocycles. The molecule has 4 aromatic rings. The van der Waals surface area contributed by atoms with Crippen molar-refractivity contribution >= 4 is 35.0 Å². The molecule has 188 valence electrons. The van der Waals surface area contributed by atoms with Gasteiger partial charge in [-0.25, -0.2) is 4.98 Å². The van der Waals surface area contributed by atoms with Crippen LogP contribution in [0.3, 0.4) is 0 Å². The van der Waals surface area contributed by atoms with Gasteiger partial charge in [0.15, 0.2) is 11.6 Å². The molecule has 0 atom stereocenters. The van der Waals surface area contributed by atoms with Crippen LogP contribution in [0, 0.1) is 6.92 Å². The van der Waals surface area contributed by atoms with Crippen molar-refractivity contribution in [2.24, 2.45) is 0 Å². The Morgan fingerprint density at radius 3 is 2.59 bits per heavy atom. The molecule has 10 heteroatoms. The van der Waals surface area contributed by atoms with Gasteiger partial charge in [0.1, 0.15) is 10.8 Å². The lowest BCUT2D eigenvalue weighted by Gasteiger charge is -2.24. The Hall–Kier alpha value is -3.66. The number of aryl methyl sites for hydroxylation is 1. The van der Waals surface area contributed by atoms with Crippen LogP contribution in [0.15, 0.2) is 59.8 Å². The first-order valence-electron chi connectivity index (χ1n) is 11.4. The number of thioether (sulfide) groups is 1. The number of fused-ring (bicyclic) bond motifs is 2. The molecular weight excluding hydrogens is 512 g/mol. The SMILES string of the molecule is COc1ccc(-c2nc3c(c(SCC(=O)Nc4ccc(Cl)cc4)n2)Cc2c(CO)cnc(C)c2O3)cc1. The van der Waals surface area contributed by atoms with Crippen molar-refractivity contribution in [2.45, 2.75) is 25.0 Å². The summed E-state index contributed by atoms with van der Waals surface area (Å²) in [7, 11) is 1.61. The van der Waals surface area contributed by atoms with E-state index < -0.39 is 0 Å². The van der Waals surface area contributed by atoms with E-state index in [0.717, 1.165) is 22.4 Å². The van der Waals surface area contributed by atoms with Crippen LogP contribution in [-0.4, -0.2) is 38.8 Å². The molecule has 1 amide bonds. The molecule has 8 nitrogen and oxygen atoms in total. The number of carbonyl (C=O) groups excluding carboxylic acids is 1. The highest BCUT2D eigenvalue weighted by atomic mass is 35.5. The number of aliphatic hydroxyl groups is 1. The number of aliphatic hydroxyl groups excluding tert-OH is 1. The highest BCUT2D eigenvalue weighted by Gasteiger charge is 2.28. The zero-order valence-electron chi connectivity index (χ0n) is 20.1. The third kappa shape index (κ3) is 5.39. The van der Waals surface area contributed by atoms with E-state index in [1.165, 1.54) is 11.8 Å². The van der Waals surface area contributed by atoms with Gasteiger partial charge in [-0.05, 0) is 55.5 Å². The molecule has 0 fully saturated rings. The molecule has 37 heavy (non-hydrogen) atoms. The van der Waals surface area contributed by atoms with Gasteiger partial charge >= 0.3 is 0 Å². The maximum atomic E-state index is 12.7. The predicted octanol–water partition coefficient (Wildman–Crippen LogP) is 5.43. The quantitative estimate of drug-likeness (QED) is 0.210. The maximum absolute atomic E-state index is 12.7. The number of halogens is 1. The third-order valence-corrected chi connectivity index (χ3v) is 7.14. The van der Waals surface area contributed by atoms with Crippen molar-refractivity contribution in [1.82, 2.24) is 15.0 Å². The number of nitrogens with zero attached hydrogens (tertiary/aromatic N) is 3. The predicted molar refractivity (Wildman–Crippen MR) is 143 cm³/mol. The number of aromatic nitrogens is 3. The molecule has 1 aliphatic rings. The molecule has 0 saturated heterocycles. The minimum absolute atomic E-state index is 0.128.